The quantitative estimate of drug-likeness (QED) is 0.876. The first kappa shape index (κ1) is 11.5. The van der Waals surface area contributed by atoms with Gasteiger partial charge in [0.05, 0.1) is 5.56 Å². The fourth-order valence-corrected chi connectivity index (χ4v) is 2.58. The molecule has 4 nitrogen and oxygen atoms in total. The lowest BCUT2D eigenvalue weighted by Gasteiger charge is -2.33. The van der Waals surface area contributed by atoms with Gasteiger partial charge in [0.2, 0.25) is 0 Å². The van der Waals surface area contributed by atoms with Gasteiger partial charge in [0.1, 0.15) is 11.9 Å². The van der Waals surface area contributed by atoms with E-state index in [1.54, 1.807) is 6.20 Å². The molecule has 1 aliphatic carbocycles. The smallest absolute Gasteiger partial charge is 0.146 e. The molecule has 0 radical (unpaired) electrons. The lowest BCUT2D eigenvalue weighted by atomic mass is 10.0. The molecule has 1 saturated heterocycles. The van der Waals surface area contributed by atoms with E-state index in [0.717, 1.165) is 37.8 Å². The van der Waals surface area contributed by atoms with Crippen molar-refractivity contribution in [3.8, 4) is 6.07 Å². The van der Waals surface area contributed by atoms with E-state index in [-0.39, 0.29) is 0 Å². The maximum absolute atomic E-state index is 9.10. The molecule has 0 unspecified atom stereocenters. The van der Waals surface area contributed by atoms with Gasteiger partial charge in [-0.25, -0.2) is 4.98 Å². The van der Waals surface area contributed by atoms with Gasteiger partial charge >= 0.3 is 0 Å². The monoisotopic (exact) mass is 242 g/mol. The van der Waals surface area contributed by atoms with E-state index in [2.05, 4.69) is 21.3 Å². The molecule has 2 aliphatic rings. The highest BCUT2D eigenvalue weighted by molar-refractivity contribution is 5.53. The summed E-state index contributed by atoms with van der Waals surface area (Å²) in [4.78, 5) is 6.59. The van der Waals surface area contributed by atoms with Gasteiger partial charge in [0, 0.05) is 31.4 Å². The Hall–Kier alpha value is -1.60. The number of rotatable bonds is 3. The summed E-state index contributed by atoms with van der Waals surface area (Å²) in [6, 6.07) is 7.33. The Morgan fingerprint density at radius 1 is 1.22 bits per heavy atom. The maximum atomic E-state index is 9.10. The second-order valence-corrected chi connectivity index (χ2v) is 5.19. The molecule has 0 spiro atoms. The van der Waals surface area contributed by atoms with Crippen molar-refractivity contribution in [1.29, 1.82) is 5.26 Å². The van der Waals surface area contributed by atoms with Crippen molar-refractivity contribution in [2.45, 2.75) is 37.8 Å². The lowest BCUT2D eigenvalue weighted by Crippen LogP contribution is -2.43. The van der Waals surface area contributed by atoms with Crippen molar-refractivity contribution >= 4 is 5.82 Å². The highest BCUT2D eigenvalue weighted by Crippen LogP contribution is 2.24. The minimum Gasteiger partial charge on any atom is -0.355 e. The van der Waals surface area contributed by atoms with Crippen LogP contribution < -0.4 is 10.2 Å². The molecule has 2 fully saturated rings. The van der Waals surface area contributed by atoms with Crippen LogP contribution in [-0.2, 0) is 0 Å². The molecule has 1 aliphatic heterocycles. The van der Waals surface area contributed by atoms with E-state index in [9.17, 15) is 0 Å². The molecule has 3 rings (SSSR count). The van der Waals surface area contributed by atoms with Gasteiger partial charge < -0.3 is 10.2 Å². The van der Waals surface area contributed by atoms with Crippen molar-refractivity contribution in [2.24, 2.45) is 0 Å². The van der Waals surface area contributed by atoms with E-state index >= 15 is 0 Å². The van der Waals surface area contributed by atoms with Crippen LogP contribution >= 0.6 is 0 Å². The minimum absolute atomic E-state index is 0.656. The van der Waals surface area contributed by atoms with E-state index in [1.807, 2.05) is 12.1 Å². The van der Waals surface area contributed by atoms with E-state index in [4.69, 9.17) is 5.26 Å². The van der Waals surface area contributed by atoms with E-state index in [0.29, 0.717) is 11.6 Å². The van der Waals surface area contributed by atoms with Crippen LogP contribution in [0.4, 0.5) is 5.82 Å². The van der Waals surface area contributed by atoms with E-state index < -0.39 is 0 Å². The number of piperidine rings is 1. The first-order valence-electron chi connectivity index (χ1n) is 6.73. The molecule has 0 amide bonds. The van der Waals surface area contributed by atoms with Crippen LogP contribution in [0.2, 0.25) is 0 Å². The summed E-state index contributed by atoms with van der Waals surface area (Å²) in [6.07, 6.45) is 6.76. The molecule has 1 aromatic rings. The molecule has 0 bridgehead atoms. The number of nitriles is 1. The number of hydrogen-bond donors (Lipinski definition) is 1. The Morgan fingerprint density at radius 2 is 1.94 bits per heavy atom. The largest absolute Gasteiger partial charge is 0.355 e. The van der Waals surface area contributed by atoms with Crippen LogP contribution in [0.5, 0.6) is 0 Å². The van der Waals surface area contributed by atoms with Crippen molar-refractivity contribution < 1.29 is 0 Å². The summed E-state index contributed by atoms with van der Waals surface area (Å²) in [5, 5.41) is 12.8. The molecular formula is C14H18N4. The zero-order valence-corrected chi connectivity index (χ0v) is 10.5. The fourth-order valence-electron chi connectivity index (χ4n) is 2.58. The van der Waals surface area contributed by atoms with Gasteiger partial charge in [-0.2, -0.15) is 5.26 Å². The lowest BCUT2D eigenvalue weighted by molar-refractivity contribution is 0.411. The molecular weight excluding hydrogens is 224 g/mol. The average Bonchev–Trinajstić information content (AvgIpc) is 3.24. The zero-order chi connectivity index (χ0) is 12.4. The van der Waals surface area contributed by atoms with Gasteiger partial charge in [-0.05, 0) is 37.8 Å². The molecule has 1 aromatic heterocycles. The Bertz CT molecular complexity index is 453. The molecule has 1 saturated carbocycles. The van der Waals surface area contributed by atoms with Crippen LogP contribution in [0.15, 0.2) is 18.3 Å². The summed E-state index contributed by atoms with van der Waals surface area (Å²) in [7, 11) is 0. The summed E-state index contributed by atoms with van der Waals surface area (Å²) in [5.41, 5.74) is 0.686. The van der Waals surface area contributed by atoms with Gasteiger partial charge in [-0.15, -0.1) is 0 Å². The van der Waals surface area contributed by atoms with Gasteiger partial charge in [0.25, 0.3) is 0 Å². The molecule has 1 N–H and O–H groups in total. The Balaban J connectivity index is 1.63. The van der Waals surface area contributed by atoms with Crippen LogP contribution in [-0.4, -0.2) is 30.2 Å². The molecule has 18 heavy (non-hydrogen) atoms. The number of hydrogen-bond acceptors (Lipinski definition) is 4. The number of pyridine rings is 1. The summed E-state index contributed by atoms with van der Waals surface area (Å²) in [5.74, 6) is 0.852. The molecule has 0 atom stereocenters. The van der Waals surface area contributed by atoms with Crippen LogP contribution in [0.3, 0.4) is 0 Å². The van der Waals surface area contributed by atoms with Crippen LogP contribution in [0.1, 0.15) is 31.2 Å². The zero-order valence-electron chi connectivity index (χ0n) is 10.5. The normalized spacial score (nSPS) is 20.7. The summed E-state index contributed by atoms with van der Waals surface area (Å²) < 4.78 is 0. The van der Waals surface area contributed by atoms with Crippen molar-refractivity contribution in [1.82, 2.24) is 10.3 Å². The topological polar surface area (TPSA) is 52.0 Å². The van der Waals surface area contributed by atoms with Gasteiger partial charge in [-0.3, -0.25) is 0 Å². The van der Waals surface area contributed by atoms with Gasteiger partial charge in [0.15, 0.2) is 0 Å². The maximum Gasteiger partial charge on any atom is 0.146 e. The third-order valence-corrected chi connectivity index (χ3v) is 3.75. The number of nitrogens with one attached hydrogen (secondary N) is 1. The predicted octanol–water partition coefficient (Wildman–Crippen LogP) is 1.67. The third kappa shape index (κ3) is 2.46. The minimum atomic E-state index is 0.656. The first-order valence-corrected chi connectivity index (χ1v) is 6.73. The summed E-state index contributed by atoms with van der Waals surface area (Å²) >= 11 is 0. The standard InChI is InChI=1S/C14H18N4/c15-10-11-2-1-7-16-14(11)18-8-5-13(6-9-18)17-12-3-4-12/h1-2,7,12-13,17H,3-6,8-9H2. The molecule has 4 heteroatoms. The summed E-state index contributed by atoms with van der Waals surface area (Å²) in [6.45, 7) is 1.99. The Kier molecular flexibility index (Phi) is 3.16. The highest BCUT2D eigenvalue weighted by atomic mass is 15.2. The Labute approximate surface area is 108 Å². The van der Waals surface area contributed by atoms with Crippen molar-refractivity contribution in [2.75, 3.05) is 18.0 Å². The first-order chi connectivity index (χ1) is 8.86. The van der Waals surface area contributed by atoms with Crippen molar-refractivity contribution in [3.05, 3.63) is 23.9 Å². The number of anilines is 1. The SMILES string of the molecule is N#Cc1cccnc1N1CCC(NC2CC2)CC1. The predicted molar refractivity (Wildman–Crippen MR) is 70.3 cm³/mol. The molecule has 2 heterocycles. The molecule has 94 valence electrons. The average molecular weight is 242 g/mol. The Morgan fingerprint density at radius 3 is 2.61 bits per heavy atom. The fraction of sp³-hybridized carbons (Fsp3) is 0.571. The van der Waals surface area contributed by atoms with E-state index in [1.165, 1.54) is 12.8 Å². The molecule has 0 aromatic carbocycles. The van der Waals surface area contributed by atoms with Crippen LogP contribution in [0.25, 0.3) is 0 Å². The third-order valence-electron chi connectivity index (χ3n) is 3.75. The van der Waals surface area contributed by atoms with Crippen LogP contribution in [0, 0.1) is 11.3 Å². The number of nitrogens with zero attached hydrogens (tertiary/aromatic N) is 3. The highest BCUT2D eigenvalue weighted by Gasteiger charge is 2.27. The van der Waals surface area contributed by atoms with Gasteiger partial charge in [-0.1, -0.05) is 0 Å². The van der Waals surface area contributed by atoms with Crippen molar-refractivity contribution in [3.63, 3.8) is 0 Å². The second kappa shape index (κ2) is 4.95. The second-order valence-electron chi connectivity index (χ2n) is 5.19. The number of aromatic nitrogens is 1.